The van der Waals surface area contributed by atoms with Gasteiger partial charge in [-0.2, -0.15) is 0 Å². The number of nitrogen functional groups attached to an aromatic ring is 1. The minimum Gasteiger partial charge on any atom is -0.394 e. The molecule has 1 fully saturated rings. The van der Waals surface area contributed by atoms with Crippen LogP contribution in [0.1, 0.15) is 13.2 Å². The van der Waals surface area contributed by atoms with Crippen LogP contribution in [0.25, 0.3) is 11.0 Å². The lowest BCUT2D eigenvalue weighted by Gasteiger charge is -2.27. The largest absolute Gasteiger partial charge is 0.394 e. The number of rotatable bonds is 2. The van der Waals surface area contributed by atoms with Gasteiger partial charge in [0.15, 0.2) is 6.23 Å². The van der Waals surface area contributed by atoms with E-state index in [-0.39, 0.29) is 6.61 Å². The zero-order valence-corrected chi connectivity index (χ0v) is 13.3. The van der Waals surface area contributed by atoms with Gasteiger partial charge in [0.05, 0.1) is 12.0 Å². The van der Waals surface area contributed by atoms with E-state index in [0.717, 1.165) is 3.57 Å². The molecule has 0 amide bonds. The Hall–Kier alpha value is -1.01. The van der Waals surface area contributed by atoms with Gasteiger partial charge in [0.1, 0.15) is 35.6 Å². The van der Waals surface area contributed by atoms with Gasteiger partial charge in [-0.25, -0.2) is 9.97 Å². The second kappa shape index (κ2) is 5.02. The van der Waals surface area contributed by atoms with Crippen molar-refractivity contribution >= 4 is 39.4 Å². The number of nitrogens with zero attached hydrogens (tertiary/aromatic N) is 3. The van der Waals surface area contributed by atoms with Gasteiger partial charge in [0, 0.05) is 9.77 Å². The van der Waals surface area contributed by atoms with E-state index in [1.54, 1.807) is 10.8 Å². The van der Waals surface area contributed by atoms with Crippen LogP contribution in [0.4, 0.5) is 5.82 Å². The summed E-state index contributed by atoms with van der Waals surface area (Å²) in [5.74, 6) is 0.333. The summed E-state index contributed by atoms with van der Waals surface area (Å²) >= 11 is 2.09. The number of aromatic nitrogens is 3. The van der Waals surface area contributed by atoms with Crippen molar-refractivity contribution < 1.29 is 20.1 Å². The maximum absolute atomic E-state index is 10.5. The molecule has 3 rings (SSSR count). The first-order chi connectivity index (χ1) is 9.87. The molecular formula is C12H15IN4O4. The highest BCUT2D eigenvalue weighted by atomic mass is 127. The minimum atomic E-state index is -1.57. The highest BCUT2D eigenvalue weighted by molar-refractivity contribution is 14.1. The molecule has 4 atom stereocenters. The van der Waals surface area contributed by atoms with Gasteiger partial charge in [-0.05, 0) is 29.5 Å². The van der Waals surface area contributed by atoms with Crippen molar-refractivity contribution in [1.82, 2.24) is 14.5 Å². The Morgan fingerprint density at radius 1 is 1.52 bits per heavy atom. The SMILES string of the molecule is C[C@]1(O)[C@H](O)[C@@H](CO)O[C@H]1n1cc(I)c2c(N)ncnc21. The summed E-state index contributed by atoms with van der Waals surface area (Å²) in [6.45, 7) is 1.07. The highest BCUT2D eigenvalue weighted by Crippen LogP contribution is 2.40. The first kappa shape index (κ1) is 14.9. The first-order valence-electron chi connectivity index (χ1n) is 6.31. The fourth-order valence-corrected chi connectivity index (χ4v) is 3.45. The lowest BCUT2D eigenvalue weighted by molar-refractivity contribution is -0.0948. The van der Waals surface area contributed by atoms with Crippen LogP contribution in [-0.2, 0) is 4.74 Å². The summed E-state index contributed by atoms with van der Waals surface area (Å²) in [6, 6.07) is 0. The number of hydrogen-bond donors (Lipinski definition) is 4. The molecule has 0 bridgehead atoms. The Morgan fingerprint density at radius 2 is 2.24 bits per heavy atom. The van der Waals surface area contributed by atoms with E-state index in [2.05, 4.69) is 32.6 Å². The molecule has 114 valence electrons. The summed E-state index contributed by atoms with van der Waals surface area (Å²) in [5.41, 5.74) is 4.79. The maximum atomic E-state index is 10.5. The third-order valence-corrected chi connectivity index (χ3v) is 4.60. The van der Waals surface area contributed by atoms with Crippen LogP contribution < -0.4 is 5.73 Å². The van der Waals surface area contributed by atoms with E-state index < -0.39 is 24.0 Å². The summed E-state index contributed by atoms with van der Waals surface area (Å²) < 4.78 is 8.01. The Labute approximate surface area is 133 Å². The summed E-state index contributed by atoms with van der Waals surface area (Å²) in [7, 11) is 0. The smallest absolute Gasteiger partial charge is 0.167 e. The average Bonchev–Trinajstić information content (AvgIpc) is 2.87. The summed E-state index contributed by atoms with van der Waals surface area (Å²) in [4.78, 5) is 8.13. The number of halogens is 1. The number of nitrogens with two attached hydrogens (primary N) is 1. The molecule has 2 aromatic heterocycles. The van der Waals surface area contributed by atoms with Crippen LogP contribution in [0.15, 0.2) is 12.5 Å². The fraction of sp³-hybridized carbons (Fsp3) is 0.500. The molecule has 0 saturated carbocycles. The van der Waals surface area contributed by atoms with Crippen LogP contribution in [0, 0.1) is 3.57 Å². The molecule has 9 heteroatoms. The molecule has 0 aliphatic carbocycles. The Kier molecular flexibility index (Phi) is 3.56. The standard InChI is InChI=1S/C12H15IN4O4/c1-12(20)8(19)6(3-18)21-11(12)17-2-5(13)7-9(14)15-4-16-10(7)17/h2,4,6,8,11,18-20H,3H2,1H3,(H2,14,15,16)/t6-,8-,11-,12+/m1/s1. The highest BCUT2D eigenvalue weighted by Gasteiger charge is 2.53. The molecule has 0 aromatic carbocycles. The third-order valence-electron chi connectivity index (χ3n) is 3.78. The van der Waals surface area contributed by atoms with Crippen molar-refractivity contribution in [1.29, 1.82) is 0 Å². The van der Waals surface area contributed by atoms with Crippen molar-refractivity contribution in [3.63, 3.8) is 0 Å². The van der Waals surface area contributed by atoms with Gasteiger partial charge in [0.2, 0.25) is 0 Å². The number of aliphatic hydroxyl groups excluding tert-OH is 2. The zero-order chi connectivity index (χ0) is 15.4. The lowest BCUT2D eigenvalue weighted by Crippen LogP contribution is -2.44. The van der Waals surface area contributed by atoms with Gasteiger partial charge in [-0.15, -0.1) is 0 Å². The van der Waals surface area contributed by atoms with Crippen LogP contribution in [0.3, 0.4) is 0 Å². The van der Waals surface area contributed by atoms with Gasteiger partial charge >= 0.3 is 0 Å². The Bertz CT molecular complexity index is 689. The van der Waals surface area contributed by atoms with Crippen LogP contribution >= 0.6 is 22.6 Å². The number of hydrogen-bond acceptors (Lipinski definition) is 7. The quantitative estimate of drug-likeness (QED) is 0.501. The second-order valence-electron chi connectivity index (χ2n) is 5.22. The molecule has 5 N–H and O–H groups in total. The maximum Gasteiger partial charge on any atom is 0.167 e. The van der Waals surface area contributed by atoms with Crippen molar-refractivity contribution in [2.24, 2.45) is 0 Å². The van der Waals surface area contributed by atoms with Gasteiger partial charge in [-0.3, -0.25) is 0 Å². The molecule has 3 heterocycles. The summed E-state index contributed by atoms with van der Waals surface area (Å²) in [6.07, 6.45) is 0.0986. The number of aliphatic hydroxyl groups is 3. The van der Waals surface area contributed by atoms with Crippen LogP contribution in [0.2, 0.25) is 0 Å². The number of anilines is 1. The molecular weight excluding hydrogens is 391 g/mol. The predicted molar refractivity (Wildman–Crippen MR) is 82.3 cm³/mol. The molecule has 1 aliphatic rings. The summed E-state index contributed by atoms with van der Waals surface area (Å²) in [5, 5.41) is 30.5. The topological polar surface area (TPSA) is 127 Å². The fourth-order valence-electron chi connectivity index (χ4n) is 2.63. The van der Waals surface area contributed by atoms with E-state index in [1.807, 2.05) is 0 Å². The molecule has 0 radical (unpaired) electrons. The van der Waals surface area contributed by atoms with Crippen LogP contribution in [-0.4, -0.2) is 54.3 Å². The van der Waals surface area contributed by atoms with Gasteiger partial charge in [0.25, 0.3) is 0 Å². The van der Waals surface area contributed by atoms with E-state index in [4.69, 9.17) is 10.5 Å². The van der Waals surface area contributed by atoms with E-state index >= 15 is 0 Å². The van der Waals surface area contributed by atoms with Crippen molar-refractivity contribution in [3.8, 4) is 0 Å². The number of ether oxygens (including phenoxy) is 1. The number of fused-ring (bicyclic) bond motifs is 1. The molecule has 2 aromatic rings. The third kappa shape index (κ3) is 2.11. The monoisotopic (exact) mass is 406 g/mol. The van der Waals surface area contributed by atoms with Crippen LogP contribution in [0.5, 0.6) is 0 Å². The van der Waals surface area contributed by atoms with Crippen molar-refractivity contribution in [2.45, 2.75) is 31.0 Å². The average molecular weight is 406 g/mol. The van der Waals surface area contributed by atoms with Gasteiger partial charge in [-0.1, -0.05) is 0 Å². The van der Waals surface area contributed by atoms with E-state index in [1.165, 1.54) is 13.3 Å². The van der Waals surface area contributed by atoms with E-state index in [0.29, 0.717) is 16.9 Å². The molecule has 1 saturated heterocycles. The molecule has 0 unspecified atom stereocenters. The normalized spacial score (nSPS) is 32.9. The molecule has 0 spiro atoms. The predicted octanol–water partition coefficient (Wildman–Crippen LogP) is -0.380. The molecule has 8 nitrogen and oxygen atoms in total. The molecule has 21 heavy (non-hydrogen) atoms. The Balaban J connectivity index is 2.15. The van der Waals surface area contributed by atoms with Gasteiger partial charge < -0.3 is 30.4 Å². The van der Waals surface area contributed by atoms with Crippen molar-refractivity contribution in [3.05, 3.63) is 16.1 Å². The second-order valence-corrected chi connectivity index (χ2v) is 6.38. The Morgan fingerprint density at radius 3 is 2.86 bits per heavy atom. The first-order valence-corrected chi connectivity index (χ1v) is 7.39. The minimum absolute atomic E-state index is 0.333. The molecule has 1 aliphatic heterocycles. The van der Waals surface area contributed by atoms with Crippen molar-refractivity contribution in [2.75, 3.05) is 12.3 Å². The van der Waals surface area contributed by atoms with E-state index in [9.17, 15) is 15.3 Å². The lowest BCUT2D eigenvalue weighted by atomic mass is 9.96. The zero-order valence-electron chi connectivity index (χ0n) is 11.1.